The van der Waals surface area contributed by atoms with Gasteiger partial charge in [0.25, 0.3) is 0 Å². The van der Waals surface area contributed by atoms with Gasteiger partial charge in [0.05, 0.1) is 5.60 Å². The third-order valence-corrected chi connectivity index (χ3v) is 4.76. The number of carbonyl (C=O) groups is 1. The molecule has 2 fully saturated rings. The van der Waals surface area contributed by atoms with Crippen LogP contribution in [-0.4, -0.2) is 18.0 Å². The molecule has 0 aromatic heterocycles. The molecule has 0 radical (unpaired) electrons. The van der Waals surface area contributed by atoms with Crippen molar-refractivity contribution in [3.63, 3.8) is 0 Å². The van der Waals surface area contributed by atoms with Crippen LogP contribution in [0.25, 0.3) is 0 Å². The summed E-state index contributed by atoms with van der Waals surface area (Å²) in [5, 5.41) is 0. The number of hydrogen-bond acceptors (Lipinski definition) is 2. The Bertz CT molecular complexity index is 515. The lowest BCUT2D eigenvalue weighted by Crippen LogP contribution is -2.40. The number of halogens is 2. The van der Waals surface area contributed by atoms with Crippen molar-refractivity contribution in [3.05, 3.63) is 35.4 Å². The minimum Gasteiger partial charge on any atom is -0.375 e. The monoisotopic (exact) mass is 294 g/mol. The summed E-state index contributed by atoms with van der Waals surface area (Å²) >= 11 is 0. The highest BCUT2D eigenvalue weighted by molar-refractivity contribution is 5.83. The van der Waals surface area contributed by atoms with Crippen LogP contribution in [0.4, 0.5) is 8.78 Å². The van der Waals surface area contributed by atoms with Gasteiger partial charge in [-0.25, -0.2) is 8.78 Å². The Morgan fingerprint density at radius 2 is 1.86 bits per heavy atom. The molecule has 21 heavy (non-hydrogen) atoms. The maximum absolute atomic E-state index is 13.2. The molecule has 1 aliphatic heterocycles. The van der Waals surface area contributed by atoms with Gasteiger partial charge in [-0.15, -0.1) is 0 Å². The molecule has 4 heteroatoms. The van der Waals surface area contributed by atoms with E-state index in [1.54, 1.807) is 0 Å². The van der Waals surface area contributed by atoms with E-state index >= 15 is 0 Å². The lowest BCUT2D eigenvalue weighted by atomic mass is 9.81. The first-order valence-corrected chi connectivity index (χ1v) is 7.68. The van der Waals surface area contributed by atoms with Gasteiger partial charge in [0, 0.05) is 25.0 Å². The summed E-state index contributed by atoms with van der Waals surface area (Å²) in [7, 11) is 0. The number of benzene rings is 1. The van der Waals surface area contributed by atoms with Gasteiger partial charge >= 0.3 is 0 Å². The summed E-state index contributed by atoms with van der Waals surface area (Å²) < 4.78 is 32.3. The molecule has 1 spiro atoms. The first-order valence-electron chi connectivity index (χ1n) is 7.68. The van der Waals surface area contributed by atoms with E-state index in [1.165, 1.54) is 12.1 Å². The van der Waals surface area contributed by atoms with E-state index in [2.05, 4.69) is 0 Å². The average molecular weight is 294 g/mol. The molecule has 1 heterocycles. The number of ketones is 1. The van der Waals surface area contributed by atoms with Crippen molar-refractivity contribution in [1.29, 1.82) is 0 Å². The third-order valence-electron chi connectivity index (χ3n) is 4.76. The minimum absolute atomic E-state index is 0.0387. The zero-order chi connectivity index (χ0) is 14.9. The van der Waals surface area contributed by atoms with Crippen molar-refractivity contribution in [2.45, 2.75) is 50.5 Å². The van der Waals surface area contributed by atoms with Gasteiger partial charge in [0.2, 0.25) is 0 Å². The molecular formula is C17H20F2O2. The maximum atomic E-state index is 13.2. The van der Waals surface area contributed by atoms with Crippen molar-refractivity contribution in [1.82, 2.24) is 0 Å². The van der Waals surface area contributed by atoms with Crippen molar-refractivity contribution in [3.8, 4) is 0 Å². The smallest absolute Gasteiger partial charge is 0.140 e. The molecule has 2 nitrogen and oxygen atoms in total. The standard InChI is InChI=1S/C17H20F2O2/c18-14-7-12(8-15(19)10-14)9-16(20)13-3-6-21-17(11-13)4-1-2-5-17/h7-8,10,13H,1-6,9,11H2. The highest BCUT2D eigenvalue weighted by Gasteiger charge is 2.41. The summed E-state index contributed by atoms with van der Waals surface area (Å²) in [5.74, 6) is -1.22. The Morgan fingerprint density at radius 1 is 1.19 bits per heavy atom. The Morgan fingerprint density at radius 3 is 2.52 bits per heavy atom. The van der Waals surface area contributed by atoms with E-state index < -0.39 is 11.6 Å². The van der Waals surface area contributed by atoms with E-state index in [0.29, 0.717) is 12.2 Å². The Balaban J connectivity index is 1.67. The predicted octanol–water partition coefficient (Wildman–Crippen LogP) is 3.82. The van der Waals surface area contributed by atoms with Crippen molar-refractivity contribution in [2.24, 2.45) is 5.92 Å². The molecule has 1 unspecified atom stereocenters. The molecule has 2 aliphatic rings. The fraction of sp³-hybridized carbons (Fsp3) is 0.588. The largest absolute Gasteiger partial charge is 0.375 e. The van der Waals surface area contributed by atoms with Crippen LogP contribution in [0, 0.1) is 17.6 Å². The molecule has 1 saturated heterocycles. The zero-order valence-corrected chi connectivity index (χ0v) is 12.0. The van der Waals surface area contributed by atoms with Crippen LogP contribution in [0.3, 0.4) is 0 Å². The SMILES string of the molecule is O=C(Cc1cc(F)cc(F)c1)C1CCOC2(CCCC2)C1. The van der Waals surface area contributed by atoms with Crippen LogP contribution in [-0.2, 0) is 16.0 Å². The van der Waals surface area contributed by atoms with Crippen LogP contribution in [0.5, 0.6) is 0 Å². The number of ether oxygens (including phenoxy) is 1. The first kappa shape index (κ1) is 14.6. The summed E-state index contributed by atoms with van der Waals surface area (Å²) in [6.45, 7) is 0.619. The van der Waals surface area contributed by atoms with Crippen LogP contribution in [0.15, 0.2) is 18.2 Å². The minimum atomic E-state index is -0.628. The first-order chi connectivity index (χ1) is 10.1. The van der Waals surface area contributed by atoms with Gasteiger partial charge < -0.3 is 4.74 Å². The van der Waals surface area contributed by atoms with Crippen LogP contribution in [0.1, 0.15) is 44.1 Å². The molecular weight excluding hydrogens is 274 g/mol. The number of Topliss-reactive ketones (excluding diaryl/α,β-unsaturated/α-hetero) is 1. The molecule has 3 rings (SSSR count). The van der Waals surface area contributed by atoms with Crippen molar-refractivity contribution < 1.29 is 18.3 Å². The number of carbonyl (C=O) groups excluding carboxylic acids is 1. The third kappa shape index (κ3) is 3.31. The van der Waals surface area contributed by atoms with Gasteiger partial charge in [-0.3, -0.25) is 4.79 Å². The molecule has 0 N–H and O–H groups in total. The Hall–Kier alpha value is -1.29. The summed E-state index contributed by atoms with van der Waals surface area (Å²) in [4.78, 5) is 12.4. The van der Waals surface area contributed by atoms with E-state index in [0.717, 1.165) is 44.6 Å². The summed E-state index contributed by atoms with van der Waals surface area (Å²) in [6, 6.07) is 3.31. The molecule has 1 aromatic carbocycles. The molecule has 0 amide bonds. The highest BCUT2D eigenvalue weighted by atomic mass is 19.1. The molecule has 1 atom stereocenters. The van der Waals surface area contributed by atoms with Gasteiger partial charge in [-0.1, -0.05) is 12.8 Å². The zero-order valence-electron chi connectivity index (χ0n) is 12.0. The van der Waals surface area contributed by atoms with Crippen molar-refractivity contribution >= 4 is 5.78 Å². The van der Waals surface area contributed by atoms with E-state index in [1.807, 2.05) is 0 Å². The predicted molar refractivity (Wildman–Crippen MR) is 74.9 cm³/mol. The van der Waals surface area contributed by atoms with Crippen molar-refractivity contribution in [2.75, 3.05) is 6.61 Å². The lowest BCUT2D eigenvalue weighted by molar-refractivity contribution is -0.135. The second-order valence-electron chi connectivity index (χ2n) is 6.35. The number of rotatable bonds is 3. The molecule has 1 saturated carbocycles. The van der Waals surface area contributed by atoms with E-state index in [-0.39, 0.29) is 23.7 Å². The fourth-order valence-corrected chi connectivity index (χ4v) is 3.73. The second kappa shape index (κ2) is 5.84. The lowest BCUT2D eigenvalue weighted by Gasteiger charge is -2.37. The van der Waals surface area contributed by atoms with Crippen LogP contribution in [0.2, 0.25) is 0 Å². The summed E-state index contributed by atoms with van der Waals surface area (Å²) in [5.41, 5.74) is 0.315. The van der Waals surface area contributed by atoms with E-state index in [4.69, 9.17) is 4.74 Å². The number of hydrogen-bond donors (Lipinski definition) is 0. The molecule has 114 valence electrons. The Kier molecular flexibility index (Phi) is 4.07. The maximum Gasteiger partial charge on any atom is 0.140 e. The van der Waals surface area contributed by atoms with Gasteiger partial charge in [-0.2, -0.15) is 0 Å². The molecule has 0 bridgehead atoms. The summed E-state index contributed by atoms with van der Waals surface area (Å²) in [6.07, 6.45) is 5.99. The average Bonchev–Trinajstić information content (AvgIpc) is 2.85. The van der Waals surface area contributed by atoms with E-state index in [9.17, 15) is 13.6 Å². The highest BCUT2D eigenvalue weighted by Crippen LogP contribution is 2.42. The topological polar surface area (TPSA) is 26.3 Å². The molecule has 1 aromatic rings. The normalized spacial score (nSPS) is 24.4. The molecule has 1 aliphatic carbocycles. The van der Waals surface area contributed by atoms with Gasteiger partial charge in [-0.05, 0) is 43.4 Å². The fourth-order valence-electron chi connectivity index (χ4n) is 3.73. The van der Waals surface area contributed by atoms with Gasteiger partial charge in [0.1, 0.15) is 17.4 Å². The van der Waals surface area contributed by atoms with Gasteiger partial charge in [0.15, 0.2) is 0 Å². The quantitative estimate of drug-likeness (QED) is 0.847. The van der Waals surface area contributed by atoms with Crippen LogP contribution >= 0.6 is 0 Å². The Labute approximate surface area is 123 Å². The second-order valence-corrected chi connectivity index (χ2v) is 6.35. The van der Waals surface area contributed by atoms with Crippen LogP contribution < -0.4 is 0 Å².